The second-order valence-corrected chi connectivity index (χ2v) is 4.31. The van der Waals surface area contributed by atoms with Crippen molar-refractivity contribution in [2.24, 2.45) is 5.41 Å². The van der Waals surface area contributed by atoms with Crippen LogP contribution in [0.1, 0.15) is 24.2 Å². The van der Waals surface area contributed by atoms with Gasteiger partial charge in [-0.15, -0.1) is 0 Å². The van der Waals surface area contributed by atoms with Crippen molar-refractivity contribution in [3.63, 3.8) is 0 Å². The van der Waals surface area contributed by atoms with Gasteiger partial charge in [-0.05, 0) is 13.8 Å². The predicted molar refractivity (Wildman–Crippen MR) is 66.2 cm³/mol. The second kappa shape index (κ2) is 4.53. The van der Waals surface area contributed by atoms with Crippen LogP contribution in [0.2, 0.25) is 0 Å². The highest BCUT2D eigenvalue weighted by molar-refractivity contribution is 7.80. The number of thiocarbonyl (C=S) groups is 1. The van der Waals surface area contributed by atoms with Crippen LogP contribution in [0.5, 0.6) is 0 Å². The molecule has 0 unspecified atom stereocenters. The number of hydrogen-bond acceptors (Lipinski definition) is 2. The zero-order valence-corrected chi connectivity index (χ0v) is 10.0. The van der Waals surface area contributed by atoms with E-state index in [1.54, 1.807) is 7.05 Å². The lowest BCUT2D eigenvalue weighted by molar-refractivity contribution is 0.0901. The summed E-state index contributed by atoms with van der Waals surface area (Å²) >= 11 is 5.14. The molecule has 0 spiro atoms. The van der Waals surface area contributed by atoms with Crippen LogP contribution in [0.25, 0.3) is 0 Å². The van der Waals surface area contributed by atoms with E-state index in [-0.39, 0.29) is 5.78 Å². The van der Waals surface area contributed by atoms with Gasteiger partial charge in [0.25, 0.3) is 0 Å². The molecule has 2 nitrogen and oxygen atoms in total. The van der Waals surface area contributed by atoms with Crippen LogP contribution in [0.4, 0.5) is 0 Å². The zero-order valence-electron chi connectivity index (χ0n) is 9.20. The van der Waals surface area contributed by atoms with E-state index in [0.717, 1.165) is 0 Å². The van der Waals surface area contributed by atoms with Gasteiger partial charge in [0.15, 0.2) is 5.78 Å². The Balaban J connectivity index is 3.00. The van der Waals surface area contributed by atoms with E-state index >= 15 is 0 Å². The van der Waals surface area contributed by atoms with E-state index in [1.807, 2.05) is 44.2 Å². The first-order valence-electron chi connectivity index (χ1n) is 4.82. The van der Waals surface area contributed by atoms with E-state index < -0.39 is 5.41 Å². The first-order chi connectivity index (χ1) is 7.00. The molecule has 0 fully saturated rings. The molecular formula is C12H15NOS. The van der Waals surface area contributed by atoms with Gasteiger partial charge in [0.1, 0.15) is 0 Å². The predicted octanol–water partition coefficient (Wildman–Crippen LogP) is 2.44. The highest BCUT2D eigenvalue weighted by Crippen LogP contribution is 2.22. The van der Waals surface area contributed by atoms with E-state index in [4.69, 9.17) is 12.2 Å². The summed E-state index contributed by atoms with van der Waals surface area (Å²) < 4.78 is 0. The Hall–Kier alpha value is -1.22. The van der Waals surface area contributed by atoms with Crippen LogP contribution in [-0.4, -0.2) is 17.8 Å². The lowest BCUT2D eigenvalue weighted by atomic mass is 9.84. The Kier molecular flexibility index (Phi) is 3.58. The van der Waals surface area contributed by atoms with Crippen molar-refractivity contribution in [1.82, 2.24) is 5.32 Å². The van der Waals surface area contributed by atoms with Crippen LogP contribution in [-0.2, 0) is 0 Å². The Morgan fingerprint density at radius 3 is 2.27 bits per heavy atom. The summed E-state index contributed by atoms with van der Waals surface area (Å²) in [5.41, 5.74) is 0.0472. The van der Waals surface area contributed by atoms with Crippen molar-refractivity contribution in [2.45, 2.75) is 13.8 Å². The number of rotatable bonds is 3. The molecule has 0 saturated carbocycles. The van der Waals surface area contributed by atoms with Gasteiger partial charge in [0.05, 0.1) is 10.4 Å². The summed E-state index contributed by atoms with van der Waals surface area (Å²) in [6.07, 6.45) is 0. The largest absolute Gasteiger partial charge is 0.382 e. The number of Topliss-reactive ketones (excluding diaryl/α,β-unsaturated/α-hetero) is 1. The average molecular weight is 221 g/mol. The lowest BCUT2D eigenvalue weighted by Gasteiger charge is -2.23. The van der Waals surface area contributed by atoms with Crippen molar-refractivity contribution in [2.75, 3.05) is 7.05 Å². The topological polar surface area (TPSA) is 29.1 Å². The maximum atomic E-state index is 12.1. The first kappa shape index (κ1) is 11.9. The quantitative estimate of drug-likeness (QED) is 0.628. The Labute approximate surface area is 95.7 Å². The number of carbonyl (C=O) groups excluding carboxylic acids is 1. The summed E-state index contributed by atoms with van der Waals surface area (Å²) in [5.74, 6) is 0.0439. The highest BCUT2D eigenvalue weighted by Gasteiger charge is 2.32. The lowest BCUT2D eigenvalue weighted by Crippen LogP contribution is -2.39. The summed E-state index contributed by atoms with van der Waals surface area (Å²) in [5, 5.41) is 2.87. The van der Waals surface area contributed by atoms with E-state index in [2.05, 4.69) is 5.32 Å². The third-order valence-corrected chi connectivity index (χ3v) is 3.11. The molecule has 15 heavy (non-hydrogen) atoms. The number of ketones is 1. The SMILES string of the molecule is CNC(=S)C(C)(C)C(=O)c1ccccc1. The molecule has 0 aromatic heterocycles. The van der Waals surface area contributed by atoms with Gasteiger partial charge >= 0.3 is 0 Å². The molecular weight excluding hydrogens is 206 g/mol. The molecule has 1 rings (SSSR count). The van der Waals surface area contributed by atoms with Crippen LogP contribution in [0, 0.1) is 5.41 Å². The van der Waals surface area contributed by atoms with Gasteiger partial charge in [-0.3, -0.25) is 4.79 Å². The van der Waals surface area contributed by atoms with E-state index in [1.165, 1.54) is 0 Å². The molecule has 0 aliphatic carbocycles. The minimum atomic E-state index is -0.647. The molecule has 0 heterocycles. The number of carbonyl (C=O) groups is 1. The summed E-state index contributed by atoms with van der Waals surface area (Å²) in [6.45, 7) is 3.67. The second-order valence-electron chi connectivity index (χ2n) is 3.90. The van der Waals surface area contributed by atoms with Crippen molar-refractivity contribution in [1.29, 1.82) is 0 Å². The highest BCUT2D eigenvalue weighted by atomic mass is 32.1. The number of hydrogen-bond donors (Lipinski definition) is 1. The molecule has 3 heteroatoms. The molecule has 1 aromatic rings. The summed E-state index contributed by atoms with van der Waals surface area (Å²) in [7, 11) is 1.74. The average Bonchev–Trinajstić information content (AvgIpc) is 2.28. The minimum absolute atomic E-state index is 0.0439. The Morgan fingerprint density at radius 2 is 1.80 bits per heavy atom. The molecule has 0 aliphatic rings. The monoisotopic (exact) mass is 221 g/mol. The van der Waals surface area contributed by atoms with Gasteiger partial charge in [0.2, 0.25) is 0 Å². The van der Waals surface area contributed by atoms with Crippen LogP contribution < -0.4 is 5.32 Å². The standard InChI is InChI=1S/C12H15NOS/c1-12(2,11(15)13-3)10(14)9-7-5-4-6-8-9/h4-8H,1-3H3,(H,13,15). The van der Waals surface area contributed by atoms with Crippen molar-refractivity contribution < 1.29 is 4.79 Å². The molecule has 1 aromatic carbocycles. The fourth-order valence-corrected chi connectivity index (χ4v) is 1.46. The molecule has 0 radical (unpaired) electrons. The van der Waals surface area contributed by atoms with Gasteiger partial charge in [-0.2, -0.15) is 0 Å². The van der Waals surface area contributed by atoms with Gasteiger partial charge < -0.3 is 5.32 Å². The van der Waals surface area contributed by atoms with Crippen molar-refractivity contribution >= 4 is 23.0 Å². The van der Waals surface area contributed by atoms with Gasteiger partial charge in [-0.25, -0.2) is 0 Å². The normalized spacial score (nSPS) is 10.9. The van der Waals surface area contributed by atoms with Crippen LogP contribution >= 0.6 is 12.2 Å². The van der Waals surface area contributed by atoms with Gasteiger partial charge in [-0.1, -0.05) is 42.5 Å². The Bertz CT molecular complexity index is 370. The molecule has 0 bridgehead atoms. The third-order valence-electron chi connectivity index (χ3n) is 2.40. The molecule has 0 amide bonds. The first-order valence-corrected chi connectivity index (χ1v) is 5.23. The van der Waals surface area contributed by atoms with Gasteiger partial charge in [0, 0.05) is 12.6 Å². The van der Waals surface area contributed by atoms with E-state index in [0.29, 0.717) is 10.6 Å². The minimum Gasteiger partial charge on any atom is -0.382 e. The fourth-order valence-electron chi connectivity index (χ4n) is 1.37. The fraction of sp³-hybridized carbons (Fsp3) is 0.333. The maximum absolute atomic E-state index is 12.1. The summed E-state index contributed by atoms with van der Waals surface area (Å²) in [6, 6.07) is 9.21. The number of nitrogens with one attached hydrogen (secondary N) is 1. The Morgan fingerprint density at radius 1 is 1.27 bits per heavy atom. The molecule has 1 N–H and O–H groups in total. The van der Waals surface area contributed by atoms with Crippen LogP contribution in [0.3, 0.4) is 0 Å². The van der Waals surface area contributed by atoms with Crippen molar-refractivity contribution in [3.05, 3.63) is 35.9 Å². The summed E-state index contributed by atoms with van der Waals surface area (Å²) in [4.78, 5) is 12.7. The van der Waals surface area contributed by atoms with Crippen molar-refractivity contribution in [3.8, 4) is 0 Å². The number of benzene rings is 1. The molecule has 80 valence electrons. The molecule has 0 saturated heterocycles. The maximum Gasteiger partial charge on any atom is 0.175 e. The van der Waals surface area contributed by atoms with E-state index in [9.17, 15) is 4.79 Å². The van der Waals surface area contributed by atoms with Crippen LogP contribution in [0.15, 0.2) is 30.3 Å². The zero-order chi connectivity index (χ0) is 11.5. The third kappa shape index (κ3) is 2.42. The molecule has 0 aliphatic heterocycles. The molecule has 0 atom stereocenters. The smallest absolute Gasteiger partial charge is 0.175 e.